The fourth-order valence-electron chi connectivity index (χ4n) is 1.74. The fourth-order valence-corrected chi connectivity index (χ4v) is 2.23. The molecule has 0 amide bonds. The molecule has 1 atom stereocenters. The van der Waals surface area contributed by atoms with E-state index in [1.165, 1.54) is 5.56 Å². The van der Waals surface area contributed by atoms with E-state index in [1.807, 2.05) is 18.2 Å². The maximum Gasteiger partial charge on any atom is 0.174 e. The standard InChI is InChI=1S/C12H14N2S2/c1-9-7-14(12(16)13-11(9)15)8-10-5-3-2-4-6-10/h2-6,9H,7-8H2,1H3,(H,13,15,16). The van der Waals surface area contributed by atoms with Crippen molar-refractivity contribution in [3.8, 4) is 0 Å². The number of nitrogens with zero attached hydrogens (tertiary/aromatic N) is 1. The first-order chi connectivity index (χ1) is 7.66. The predicted molar refractivity (Wildman–Crippen MR) is 74.3 cm³/mol. The molecule has 1 aliphatic rings. The van der Waals surface area contributed by atoms with Gasteiger partial charge in [0, 0.05) is 19.0 Å². The Kier molecular flexibility index (Phi) is 3.51. The molecule has 1 aromatic carbocycles. The highest BCUT2D eigenvalue weighted by Gasteiger charge is 2.23. The Morgan fingerprint density at radius 3 is 2.69 bits per heavy atom. The van der Waals surface area contributed by atoms with E-state index in [-0.39, 0.29) is 0 Å². The molecule has 2 rings (SSSR count). The summed E-state index contributed by atoms with van der Waals surface area (Å²) in [6.45, 7) is 3.87. The van der Waals surface area contributed by atoms with Gasteiger partial charge in [-0.15, -0.1) is 0 Å². The summed E-state index contributed by atoms with van der Waals surface area (Å²) < 4.78 is 0. The van der Waals surface area contributed by atoms with E-state index in [4.69, 9.17) is 24.4 Å². The summed E-state index contributed by atoms with van der Waals surface area (Å²) in [6.07, 6.45) is 0. The molecule has 1 fully saturated rings. The molecule has 4 heteroatoms. The van der Waals surface area contributed by atoms with Gasteiger partial charge >= 0.3 is 0 Å². The summed E-state index contributed by atoms with van der Waals surface area (Å²) in [7, 11) is 0. The second-order valence-corrected chi connectivity index (χ2v) is 4.89. The van der Waals surface area contributed by atoms with Crippen LogP contribution in [-0.2, 0) is 6.54 Å². The van der Waals surface area contributed by atoms with Crippen molar-refractivity contribution in [2.45, 2.75) is 13.5 Å². The Labute approximate surface area is 107 Å². The zero-order valence-electron chi connectivity index (χ0n) is 9.14. The number of benzene rings is 1. The molecular weight excluding hydrogens is 236 g/mol. The second-order valence-electron chi connectivity index (χ2n) is 4.06. The summed E-state index contributed by atoms with van der Waals surface area (Å²) in [5.41, 5.74) is 1.27. The van der Waals surface area contributed by atoms with Gasteiger partial charge in [0.25, 0.3) is 0 Å². The van der Waals surface area contributed by atoms with Crippen LogP contribution in [0.3, 0.4) is 0 Å². The molecule has 1 unspecified atom stereocenters. The zero-order valence-corrected chi connectivity index (χ0v) is 10.8. The smallest absolute Gasteiger partial charge is 0.174 e. The summed E-state index contributed by atoms with van der Waals surface area (Å²) in [5, 5.41) is 3.83. The number of rotatable bonds is 2. The van der Waals surface area contributed by atoms with Crippen molar-refractivity contribution in [3.05, 3.63) is 35.9 Å². The van der Waals surface area contributed by atoms with E-state index < -0.39 is 0 Å². The first-order valence-electron chi connectivity index (χ1n) is 5.30. The van der Waals surface area contributed by atoms with Crippen LogP contribution in [0.15, 0.2) is 30.3 Å². The fraction of sp³-hybridized carbons (Fsp3) is 0.333. The minimum atomic E-state index is 0.366. The Balaban J connectivity index is 2.05. The van der Waals surface area contributed by atoms with Gasteiger partial charge in [-0.2, -0.15) is 0 Å². The van der Waals surface area contributed by atoms with Gasteiger partial charge in [0.15, 0.2) is 5.11 Å². The van der Waals surface area contributed by atoms with Crippen LogP contribution >= 0.6 is 24.4 Å². The molecule has 1 heterocycles. The van der Waals surface area contributed by atoms with Gasteiger partial charge < -0.3 is 10.2 Å². The molecule has 1 aromatic rings. The van der Waals surface area contributed by atoms with E-state index in [0.29, 0.717) is 5.92 Å². The molecule has 16 heavy (non-hydrogen) atoms. The third-order valence-electron chi connectivity index (χ3n) is 2.68. The first-order valence-corrected chi connectivity index (χ1v) is 6.12. The van der Waals surface area contributed by atoms with Crippen molar-refractivity contribution in [2.24, 2.45) is 5.92 Å². The predicted octanol–water partition coefficient (Wildman–Crippen LogP) is 2.34. The second kappa shape index (κ2) is 4.89. The molecule has 0 spiro atoms. The lowest BCUT2D eigenvalue weighted by molar-refractivity contribution is 0.369. The van der Waals surface area contributed by atoms with E-state index in [9.17, 15) is 0 Å². The van der Waals surface area contributed by atoms with Crippen molar-refractivity contribution < 1.29 is 0 Å². The largest absolute Gasteiger partial charge is 0.344 e. The van der Waals surface area contributed by atoms with Crippen molar-refractivity contribution in [1.29, 1.82) is 0 Å². The van der Waals surface area contributed by atoms with Crippen molar-refractivity contribution in [2.75, 3.05) is 6.54 Å². The van der Waals surface area contributed by atoms with E-state index in [2.05, 4.69) is 29.3 Å². The highest BCUT2D eigenvalue weighted by molar-refractivity contribution is 7.82. The quantitative estimate of drug-likeness (QED) is 0.810. The summed E-state index contributed by atoms with van der Waals surface area (Å²) >= 11 is 10.5. The van der Waals surface area contributed by atoms with Crippen molar-refractivity contribution >= 4 is 34.5 Å². The van der Waals surface area contributed by atoms with Crippen LogP contribution in [-0.4, -0.2) is 21.5 Å². The zero-order chi connectivity index (χ0) is 11.5. The van der Waals surface area contributed by atoms with Crippen LogP contribution in [0.2, 0.25) is 0 Å². The molecule has 2 nitrogen and oxygen atoms in total. The van der Waals surface area contributed by atoms with Crippen LogP contribution in [0, 0.1) is 5.92 Å². The molecule has 0 saturated carbocycles. The number of nitrogens with one attached hydrogen (secondary N) is 1. The molecule has 1 aliphatic heterocycles. The topological polar surface area (TPSA) is 15.3 Å². The average Bonchev–Trinajstić information content (AvgIpc) is 2.27. The van der Waals surface area contributed by atoms with Crippen molar-refractivity contribution in [3.63, 3.8) is 0 Å². The number of thiocarbonyl (C=S) groups is 2. The highest BCUT2D eigenvalue weighted by Crippen LogP contribution is 2.12. The molecule has 84 valence electrons. The number of hydrogen-bond acceptors (Lipinski definition) is 2. The SMILES string of the molecule is CC1CN(Cc2ccccc2)C(=S)NC1=S. The molecule has 1 saturated heterocycles. The summed E-state index contributed by atoms with van der Waals surface area (Å²) in [4.78, 5) is 3.01. The van der Waals surface area contributed by atoms with Gasteiger partial charge in [-0.1, -0.05) is 49.5 Å². The first kappa shape index (κ1) is 11.5. The van der Waals surface area contributed by atoms with E-state index >= 15 is 0 Å². The molecule has 0 aromatic heterocycles. The van der Waals surface area contributed by atoms with Gasteiger partial charge in [0.05, 0.1) is 4.99 Å². The highest BCUT2D eigenvalue weighted by atomic mass is 32.1. The molecule has 0 bridgehead atoms. The Hall–Kier alpha value is -1.00. The molecular formula is C12H14N2S2. The molecule has 0 radical (unpaired) electrons. The normalized spacial score (nSPS) is 20.8. The monoisotopic (exact) mass is 250 g/mol. The lowest BCUT2D eigenvalue weighted by Crippen LogP contribution is -2.52. The Bertz CT molecular complexity index is 403. The molecule has 0 aliphatic carbocycles. The van der Waals surface area contributed by atoms with E-state index in [1.54, 1.807) is 0 Å². The van der Waals surface area contributed by atoms with Gasteiger partial charge in [0.1, 0.15) is 0 Å². The van der Waals surface area contributed by atoms with Crippen LogP contribution in [0.5, 0.6) is 0 Å². The Morgan fingerprint density at radius 2 is 2.00 bits per heavy atom. The summed E-state index contributed by atoms with van der Waals surface area (Å²) in [6, 6.07) is 10.3. The van der Waals surface area contributed by atoms with E-state index in [0.717, 1.165) is 23.2 Å². The van der Waals surface area contributed by atoms with Crippen LogP contribution < -0.4 is 5.32 Å². The lowest BCUT2D eigenvalue weighted by atomic mass is 10.1. The Morgan fingerprint density at radius 1 is 1.31 bits per heavy atom. The lowest BCUT2D eigenvalue weighted by Gasteiger charge is -2.34. The van der Waals surface area contributed by atoms with Crippen LogP contribution in [0.4, 0.5) is 0 Å². The third kappa shape index (κ3) is 2.57. The van der Waals surface area contributed by atoms with Crippen LogP contribution in [0.1, 0.15) is 12.5 Å². The minimum Gasteiger partial charge on any atom is -0.344 e. The van der Waals surface area contributed by atoms with Crippen LogP contribution in [0.25, 0.3) is 0 Å². The maximum atomic E-state index is 5.28. The number of hydrogen-bond donors (Lipinski definition) is 1. The minimum absolute atomic E-state index is 0.366. The van der Waals surface area contributed by atoms with Gasteiger partial charge in [-0.25, -0.2) is 0 Å². The van der Waals surface area contributed by atoms with Gasteiger partial charge in [0.2, 0.25) is 0 Å². The third-order valence-corrected chi connectivity index (χ3v) is 3.54. The van der Waals surface area contributed by atoms with Gasteiger partial charge in [-0.05, 0) is 17.8 Å². The summed E-state index contributed by atoms with van der Waals surface area (Å²) in [5.74, 6) is 0.366. The molecule has 1 N–H and O–H groups in total. The maximum absolute atomic E-state index is 5.28. The van der Waals surface area contributed by atoms with Crippen molar-refractivity contribution in [1.82, 2.24) is 10.2 Å². The van der Waals surface area contributed by atoms with Gasteiger partial charge in [-0.3, -0.25) is 0 Å². The average molecular weight is 250 g/mol.